The first-order valence-corrected chi connectivity index (χ1v) is 17.3. The predicted molar refractivity (Wildman–Crippen MR) is 198 cm³/mol. The maximum absolute atomic E-state index is 5.51. The monoisotopic (exact) mass is 632 g/mol. The molecule has 0 spiro atoms. The lowest BCUT2D eigenvalue weighted by Crippen LogP contribution is -2.14. The minimum atomic E-state index is -0.0507. The van der Waals surface area contributed by atoms with Gasteiger partial charge in [0, 0.05) is 42.3 Å². The molecule has 0 saturated heterocycles. The Morgan fingerprint density at radius 1 is 0.583 bits per heavy atom. The number of fused-ring (bicyclic) bond motifs is 11. The van der Waals surface area contributed by atoms with Gasteiger partial charge in [-0.15, -0.1) is 0 Å². The number of benzene rings is 6. The van der Waals surface area contributed by atoms with E-state index in [4.69, 9.17) is 9.97 Å². The molecule has 0 amide bonds. The molecule has 0 unspecified atom stereocenters. The molecular formula is C43H28N4S. The fraction of sp³-hybridized carbons (Fsp3) is 0.0698. The van der Waals surface area contributed by atoms with E-state index in [9.17, 15) is 0 Å². The number of rotatable bonds is 2. The quantitative estimate of drug-likeness (QED) is 0.190. The van der Waals surface area contributed by atoms with Crippen molar-refractivity contribution >= 4 is 55.5 Å². The fourth-order valence-electron chi connectivity index (χ4n) is 8.38. The van der Waals surface area contributed by atoms with Crippen molar-refractivity contribution in [1.29, 1.82) is 0 Å². The minimum absolute atomic E-state index is 0.0507. The van der Waals surface area contributed by atoms with Crippen LogP contribution in [0.25, 0.3) is 77.8 Å². The lowest BCUT2D eigenvalue weighted by molar-refractivity contribution is 0.660. The molecule has 3 aromatic heterocycles. The van der Waals surface area contributed by atoms with E-state index in [0.29, 0.717) is 5.95 Å². The molecule has 11 rings (SSSR count). The van der Waals surface area contributed by atoms with E-state index in [2.05, 4.69) is 156 Å². The van der Waals surface area contributed by atoms with Crippen LogP contribution in [0.2, 0.25) is 0 Å². The summed E-state index contributed by atoms with van der Waals surface area (Å²) < 4.78 is 4.74. The minimum Gasteiger partial charge on any atom is -0.293 e. The van der Waals surface area contributed by atoms with Crippen molar-refractivity contribution in [3.05, 3.63) is 145 Å². The fourth-order valence-corrected chi connectivity index (χ4v) is 9.47. The summed E-state index contributed by atoms with van der Waals surface area (Å²) in [6.45, 7) is 4.65. The first kappa shape index (κ1) is 26.4. The van der Waals surface area contributed by atoms with E-state index in [-0.39, 0.29) is 5.41 Å². The predicted octanol–water partition coefficient (Wildman–Crippen LogP) is 11.1. The Kier molecular flexibility index (Phi) is 5.09. The molecule has 0 fully saturated rings. The third-order valence-electron chi connectivity index (χ3n) is 10.5. The molecule has 1 aliphatic carbocycles. The van der Waals surface area contributed by atoms with Crippen LogP contribution in [0.15, 0.2) is 143 Å². The molecule has 0 radical (unpaired) electrons. The smallest absolute Gasteiger partial charge is 0.236 e. The molecule has 4 heterocycles. The Morgan fingerprint density at radius 2 is 1.31 bits per heavy atom. The molecule has 9 aromatic rings. The number of hydrogen-bond donors (Lipinski definition) is 0. The van der Waals surface area contributed by atoms with Gasteiger partial charge in [0.1, 0.15) is 5.65 Å². The topological polar surface area (TPSA) is 35.6 Å². The van der Waals surface area contributed by atoms with Crippen LogP contribution in [0.1, 0.15) is 25.0 Å². The summed E-state index contributed by atoms with van der Waals surface area (Å²) in [5, 5.41) is 4.73. The Morgan fingerprint density at radius 3 is 2.25 bits per heavy atom. The molecule has 0 atom stereocenters. The zero-order valence-electron chi connectivity index (χ0n) is 26.4. The second-order valence-electron chi connectivity index (χ2n) is 13.4. The number of para-hydroxylation sites is 4. The summed E-state index contributed by atoms with van der Waals surface area (Å²) in [6.07, 6.45) is 0. The van der Waals surface area contributed by atoms with Crippen molar-refractivity contribution in [2.24, 2.45) is 0 Å². The van der Waals surface area contributed by atoms with Crippen LogP contribution in [0.5, 0.6) is 0 Å². The normalized spacial score (nSPS) is 14.1. The van der Waals surface area contributed by atoms with Gasteiger partial charge in [-0.2, -0.15) is 0 Å². The zero-order chi connectivity index (χ0) is 31.7. The molecule has 1 aliphatic heterocycles. The van der Waals surface area contributed by atoms with E-state index in [1.165, 1.54) is 59.4 Å². The maximum atomic E-state index is 5.51. The maximum Gasteiger partial charge on any atom is 0.236 e. The highest BCUT2D eigenvalue weighted by Gasteiger charge is 2.35. The zero-order valence-corrected chi connectivity index (χ0v) is 27.2. The largest absolute Gasteiger partial charge is 0.293 e. The van der Waals surface area contributed by atoms with Crippen molar-refractivity contribution in [1.82, 2.24) is 19.1 Å². The van der Waals surface area contributed by atoms with Gasteiger partial charge in [0.05, 0.1) is 27.9 Å². The summed E-state index contributed by atoms with van der Waals surface area (Å²) in [6, 6.07) is 48.3. The third kappa shape index (κ3) is 3.31. The second kappa shape index (κ2) is 9.24. The Bertz CT molecular complexity index is 2850. The molecule has 6 aromatic carbocycles. The molecule has 2 aliphatic rings. The van der Waals surface area contributed by atoms with Gasteiger partial charge in [0.15, 0.2) is 0 Å². The molecule has 0 bridgehead atoms. The van der Waals surface area contributed by atoms with Crippen LogP contribution in [-0.2, 0) is 5.41 Å². The summed E-state index contributed by atoms with van der Waals surface area (Å²) in [5.41, 5.74) is 12.9. The van der Waals surface area contributed by atoms with E-state index < -0.39 is 0 Å². The van der Waals surface area contributed by atoms with Crippen molar-refractivity contribution in [2.45, 2.75) is 29.1 Å². The van der Waals surface area contributed by atoms with Gasteiger partial charge in [-0.1, -0.05) is 123 Å². The highest BCUT2D eigenvalue weighted by atomic mass is 32.2. The molecule has 226 valence electrons. The van der Waals surface area contributed by atoms with Gasteiger partial charge in [0.25, 0.3) is 0 Å². The summed E-state index contributed by atoms with van der Waals surface area (Å²) in [7, 11) is 0. The van der Waals surface area contributed by atoms with Crippen molar-refractivity contribution in [2.75, 3.05) is 0 Å². The standard InChI is InChI=1S/C43H28N4S/c1-43(2)31-16-6-3-12-26(31)30-24-25(22-23-32(30)43)39-27-13-4-7-17-33(27)44-42(45-39)47-34-18-8-5-14-28(34)38-29-15-11-21-37-40(29)46(41(38)47)35-19-9-10-20-36(35)48-37/h3-24H,1-2H3. The van der Waals surface area contributed by atoms with Crippen LogP contribution in [0.3, 0.4) is 0 Å². The summed E-state index contributed by atoms with van der Waals surface area (Å²) in [4.78, 5) is 13.3. The van der Waals surface area contributed by atoms with Crippen LogP contribution in [0.4, 0.5) is 0 Å². The Hall–Kier alpha value is -5.65. The number of aromatic nitrogens is 4. The van der Waals surface area contributed by atoms with Gasteiger partial charge in [-0.05, 0) is 58.7 Å². The lowest BCUT2D eigenvalue weighted by atomic mass is 9.82. The van der Waals surface area contributed by atoms with E-state index in [1.807, 2.05) is 11.8 Å². The third-order valence-corrected chi connectivity index (χ3v) is 11.6. The van der Waals surface area contributed by atoms with Gasteiger partial charge in [-0.25, -0.2) is 9.97 Å². The van der Waals surface area contributed by atoms with Gasteiger partial charge >= 0.3 is 0 Å². The average molecular weight is 633 g/mol. The first-order valence-electron chi connectivity index (χ1n) is 16.4. The van der Waals surface area contributed by atoms with Gasteiger partial charge < -0.3 is 0 Å². The summed E-state index contributed by atoms with van der Waals surface area (Å²) >= 11 is 1.85. The highest BCUT2D eigenvalue weighted by Crippen LogP contribution is 2.51. The van der Waals surface area contributed by atoms with Crippen LogP contribution < -0.4 is 0 Å². The van der Waals surface area contributed by atoms with Crippen molar-refractivity contribution in [3.8, 4) is 34.0 Å². The molecule has 48 heavy (non-hydrogen) atoms. The molecule has 0 saturated carbocycles. The van der Waals surface area contributed by atoms with Gasteiger partial charge in [0.2, 0.25) is 5.95 Å². The molecule has 5 heteroatoms. The van der Waals surface area contributed by atoms with E-state index in [0.717, 1.165) is 33.3 Å². The average Bonchev–Trinajstić information content (AvgIpc) is 3.72. The SMILES string of the molecule is CC1(C)c2ccccc2-c2cc(-c3nc(-n4c5ccccc5c5c6cccc7c6n(c54)-c4ccccc4S7)nc4ccccc34)ccc21. The number of nitrogens with zero attached hydrogens (tertiary/aromatic N) is 4. The first-order chi connectivity index (χ1) is 23.6. The van der Waals surface area contributed by atoms with Crippen LogP contribution >= 0.6 is 11.8 Å². The second-order valence-corrected chi connectivity index (χ2v) is 14.5. The number of hydrogen-bond acceptors (Lipinski definition) is 3. The highest BCUT2D eigenvalue weighted by molar-refractivity contribution is 7.99. The lowest BCUT2D eigenvalue weighted by Gasteiger charge is -2.21. The van der Waals surface area contributed by atoms with Gasteiger partial charge in [-0.3, -0.25) is 9.13 Å². The summed E-state index contributed by atoms with van der Waals surface area (Å²) in [5.74, 6) is 0.674. The Balaban J connectivity index is 1.25. The molecular weight excluding hydrogens is 605 g/mol. The molecule has 0 N–H and O–H groups in total. The van der Waals surface area contributed by atoms with Crippen molar-refractivity contribution < 1.29 is 0 Å². The van der Waals surface area contributed by atoms with E-state index >= 15 is 0 Å². The van der Waals surface area contributed by atoms with Crippen molar-refractivity contribution in [3.63, 3.8) is 0 Å². The Labute approximate surface area is 281 Å². The molecule has 4 nitrogen and oxygen atoms in total. The van der Waals surface area contributed by atoms with Crippen LogP contribution in [0, 0.1) is 0 Å². The van der Waals surface area contributed by atoms with E-state index in [1.54, 1.807) is 0 Å². The van der Waals surface area contributed by atoms with Crippen LogP contribution in [-0.4, -0.2) is 19.1 Å².